The number of aryl methyl sites for hydroxylation is 1. The summed E-state index contributed by atoms with van der Waals surface area (Å²) in [6.07, 6.45) is 5.10. The van der Waals surface area contributed by atoms with Crippen LogP contribution < -0.4 is 5.32 Å². The van der Waals surface area contributed by atoms with E-state index in [-0.39, 0.29) is 0 Å². The third-order valence-corrected chi connectivity index (χ3v) is 7.78. The van der Waals surface area contributed by atoms with E-state index in [0.717, 1.165) is 57.7 Å². The number of rotatable bonds is 6. The van der Waals surface area contributed by atoms with Gasteiger partial charge in [-0.3, -0.25) is 10.1 Å². The molecule has 7 nitrogen and oxygen atoms in total. The molecule has 1 aliphatic rings. The Hall–Kier alpha value is -4.01. The van der Waals surface area contributed by atoms with Crippen LogP contribution >= 0.6 is 11.3 Å². The second-order valence-electron chi connectivity index (χ2n) is 9.41. The van der Waals surface area contributed by atoms with Crippen LogP contribution in [0.3, 0.4) is 0 Å². The molecule has 1 saturated carbocycles. The summed E-state index contributed by atoms with van der Waals surface area (Å²) in [4.78, 5) is 15.4. The van der Waals surface area contributed by atoms with Gasteiger partial charge in [-0.2, -0.15) is 5.10 Å². The maximum Gasteiger partial charge on any atom is 0.135 e. The number of hydrogen-bond donors (Lipinski definition) is 4. The average molecular weight is 493 g/mol. The van der Waals surface area contributed by atoms with E-state index in [2.05, 4.69) is 68.8 Å². The number of thiophene rings is 1. The van der Waals surface area contributed by atoms with Crippen molar-refractivity contribution in [3.63, 3.8) is 0 Å². The fourth-order valence-corrected chi connectivity index (χ4v) is 5.59. The number of aliphatic hydroxyl groups is 1. The summed E-state index contributed by atoms with van der Waals surface area (Å²) in [5.74, 6) is 0.331. The highest BCUT2D eigenvalue weighted by atomic mass is 32.1. The first kappa shape index (κ1) is 21.3. The fourth-order valence-electron chi connectivity index (χ4n) is 4.68. The van der Waals surface area contributed by atoms with Crippen molar-refractivity contribution in [3.05, 3.63) is 71.9 Å². The molecule has 5 aromatic heterocycles. The smallest absolute Gasteiger partial charge is 0.135 e. The van der Waals surface area contributed by atoms with Crippen molar-refractivity contribution in [3.8, 4) is 33.1 Å². The van der Waals surface area contributed by atoms with Crippen molar-refractivity contribution in [2.45, 2.75) is 26.0 Å². The molecule has 7 rings (SSSR count). The molecule has 0 bridgehead atoms. The van der Waals surface area contributed by atoms with Gasteiger partial charge in [-0.15, -0.1) is 11.3 Å². The maximum atomic E-state index is 10.3. The summed E-state index contributed by atoms with van der Waals surface area (Å²) in [6, 6.07) is 18.8. The van der Waals surface area contributed by atoms with Crippen molar-refractivity contribution in [1.29, 1.82) is 0 Å². The molecule has 1 unspecified atom stereocenters. The summed E-state index contributed by atoms with van der Waals surface area (Å²) in [7, 11) is 0. The number of hydrogen-bond acceptors (Lipinski definition) is 6. The molecule has 178 valence electrons. The molecule has 0 saturated heterocycles. The number of fused-ring (bicyclic) bond motifs is 2. The van der Waals surface area contributed by atoms with Gasteiger partial charge < -0.3 is 15.4 Å². The molecule has 1 aromatic carbocycles. The molecule has 5 heterocycles. The third-order valence-electron chi connectivity index (χ3n) is 6.75. The van der Waals surface area contributed by atoms with E-state index < -0.39 is 6.23 Å². The Labute approximate surface area is 211 Å². The Morgan fingerprint density at radius 2 is 1.97 bits per heavy atom. The molecule has 36 heavy (non-hydrogen) atoms. The Morgan fingerprint density at radius 3 is 2.81 bits per heavy atom. The lowest BCUT2D eigenvalue weighted by atomic mass is 10.1. The minimum absolute atomic E-state index is 0.331. The van der Waals surface area contributed by atoms with Gasteiger partial charge in [0.15, 0.2) is 0 Å². The van der Waals surface area contributed by atoms with E-state index in [0.29, 0.717) is 5.92 Å². The van der Waals surface area contributed by atoms with Crippen molar-refractivity contribution in [1.82, 2.24) is 25.1 Å². The van der Waals surface area contributed by atoms with E-state index in [9.17, 15) is 5.11 Å². The second-order valence-corrected chi connectivity index (χ2v) is 10.7. The zero-order valence-electron chi connectivity index (χ0n) is 19.6. The lowest BCUT2D eigenvalue weighted by Crippen LogP contribution is -2.20. The van der Waals surface area contributed by atoms with Gasteiger partial charge >= 0.3 is 0 Å². The van der Waals surface area contributed by atoms with Crippen LogP contribution in [0.4, 0.5) is 5.69 Å². The van der Waals surface area contributed by atoms with E-state index in [1.165, 1.54) is 20.7 Å². The number of pyridine rings is 2. The standard InChI is InChI=1S/C28H24N6OS/c1-15-5-10-25(36-15)19-3-2-4-22-20(19)12-24(31-22)27-26-23(33-34-27)9-8-21(32-26)17-11-18(14-29-13-17)30-28(35)16-6-7-16/h2-5,8-14,16,28,30-31,35H,6-7H2,1H3,(H,33,34). The Kier molecular flexibility index (Phi) is 4.90. The van der Waals surface area contributed by atoms with Crippen LogP contribution in [0.15, 0.2) is 67.0 Å². The lowest BCUT2D eigenvalue weighted by molar-refractivity contribution is 0.180. The highest BCUT2D eigenvalue weighted by Crippen LogP contribution is 2.37. The highest BCUT2D eigenvalue weighted by molar-refractivity contribution is 7.15. The number of nitrogens with one attached hydrogen (secondary N) is 3. The quantitative estimate of drug-likeness (QED) is 0.203. The summed E-state index contributed by atoms with van der Waals surface area (Å²) in [5.41, 5.74) is 8.11. The van der Waals surface area contributed by atoms with Gasteiger partial charge in [-0.25, -0.2) is 4.98 Å². The molecular weight excluding hydrogens is 468 g/mol. The van der Waals surface area contributed by atoms with Gasteiger partial charge in [0.05, 0.1) is 28.8 Å². The Morgan fingerprint density at radius 1 is 1.06 bits per heavy atom. The third kappa shape index (κ3) is 3.75. The minimum Gasteiger partial charge on any atom is -0.374 e. The molecule has 8 heteroatoms. The fraction of sp³-hybridized carbons (Fsp3) is 0.179. The van der Waals surface area contributed by atoms with Crippen LogP contribution in [-0.2, 0) is 0 Å². The highest BCUT2D eigenvalue weighted by Gasteiger charge is 2.29. The number of H-pyrrole nitrogens is 2. The van der Waals surface area contributed by atoms with E-state index >= 15 is 0 Å². The van der Waals surface area contributed by atoms with Gasteiger partial charge in [0.25, 0.3) is 0 Å². The molecule has 0 spiro atoms. The number of aromatic amines is 2. The van der Waals surface area contributed by atoms with Crippen molar-refractivity contribution in [2.75, 3.05) is 5.32 Å². The molecule has 4 N–H and O–H groups in total. The largest absolute Gasteiger partial charge is 0.374 e. The Balaban J connectivity index is 1.28. The van der Waals surface area contributed by atoms with Crippen LogP contribution in [0.2, 0.25) is 0 Å². The van der Waals surface area contributed by atoms with Crippen LogP contribution in [0.25, 0.3) is 55.0 Å². The molecule has 1 aliphatic carbocycles. The van der Waals surface area contributed by atoms with Crippen molar-refractivity contribution < 1.29 is 5.11 Å². The summed E-state index contributed by atoms with van der Waals surface area (Å²) in [5, 5.41) is 22.3. The summed E-state index contributed by atoms with van der Waals surface area (Å²) in [6.45, 7) is 2.13. The van der Waals surface area contributed by atoms with Crippen LogP contribution in [-0.4, -0.2) is 36.5 Å². The molecule has 0 aliphatic heterocycles. The first-order chi connectivity index (χ1) is 17.6. The monoisotopic (exact) mass is 492 g/mol. The van der Waals surface area contributed by atoms with Crippen LogP contribution in [0.1, 0.15) is 17.7 Å². The second kappa shape index (κ2) is 8.29. The van der Waals surface area contributed by atoms with Gasteiger partial charge in [0.1, 0.15) is 17.4 Å². The van der Waals surface area contributed by atoms with Crippen LogP contribution in [0, 0.1) is 12.8 Å². The predicted molar refractivity (Wildman–Crippen MR) is 145 cm³/mol. The first-order valence-corrected chi connectivity index (χ1v) is 12.9. The molecule has 6 aromatic rings. The summed E-state index contributed by atoms with van der Waals surface area (Å²) < 4.78 is 0. The van der Waals surface area contributed by atoms with Gasteiger partial charge in [-0.05, 0) is 62.2 Å². The van der Waals surface area contributed by atoms with E-state index in [1.807, 2.05) is 18.2 Å². The number of aromatic nitrogens is 5. The topological polar surface area (TPSA) is 103 Å². The van der Waals surface area contributed by atoms with Crippen molar-refractivity contribution in [2.24, 2.45) is 5.92 Å². The molecule has 0 amide bonds. The van der Waals surface area contributed by atoms with Crippen LogP contribution in [0.5, 0.6) is 0 Å². The Bertz CT molecular complexity index is 1730. The minimum atomic E-state index is -0.539. The number of aliphatic hydroxyl groups excluding tert-OH is 1. The average Bonchev–Trinajstić information content (AvgIpc) is 3.30. The van der Waals surface area contributed by atoms with E-state index in [1.54, 1.807) is 23.7 Å². The zero-order chi connectivity index (χ0) is 24.2. The SMILES string of the molecule is Cc1ccc(-c2cccc3[nH]c(-c4n[nH]c5ccc(-c6cncc(NC(O)C7CC7)c6)nc45)cc23)s1. The molecular formula is C28H24N6OS. The molecule has 1 atom stereocenters. The maximum absolute atomic E-state index is 10.3. The van der Waals surface area contributed by atoms with Gasteiger partial charge in [0, 0.05) is 43.9 Å². The first-order valence-electron chi connectivity index (χ1n) is 12.1. The van der Waals surface area contributed by atoms with Gasteiger partial charge in [-0.1, -0.05) is 12.1 Å². The molecule has 0 radical (unpaired) electrons. The predicted octanol–water partition coefficient (Wildman–Crippen LogP) is 6.35. The molecule has 1 fully saturated rings. The van der Waals surface area contributed by atoms with E-state index in [4.69, 9.17) is 4.98 Å². The summed E-state index contributed by atoms with van der Waals surface area (Å²) >= 11 is 1.80. The lowest BCUT2D eigenvalue weighted by Gasteiger charge is -2.13. The number of nitrogens with zero attached hydrogens (tertiary/aromatic N) is 3. The van der Waals surface area contributed by atoms with Crippen molar-refractivity contribution >= 4 is 39.0 Å². The normalized spacial score (nSPS) is 14.5. The number of benzene rings is 1. The number of anilines is 1. The zero-order valence-corrected chi connectivity index (χ0v) is 20.4. The van der Waals surface area contributed by atoms with Gasteiger partial charge in [0.2, 0.25) is 0 Å².